The van der Waals surface area contributed by atoms with Gasteiger partial charge in [-0.2, -0.15) is 0 Å². The minimum absolute atomic E-state index is 0.356. The van der Waals surface area contributed by atoms with Gasteiger partial charge in [0.05, 0.1) is 6.04 Å². The first-order valence-corrected chi connectivity index (χ1v) is 9.49. The highest BCUT2D eigenvalue weighted by atomic mass is 16.3. The van der Waals surface area contributed by atoms with Crippen LogP contribution >= 0.6 is 0 Å². The summed E-state index contributed by atoms with van der Waals surface area (Å²) >= 11 is 0. The molecule has 2 unspecified atom stereocenters. The first-order chi connectivity index (χ1) is 11.6. The molecule has 6 nitrogen and oxygen atoms in total. The molecule has 1 saturated carbocycles. The zero-order valence-corrected chi connectivity index (χ0v) is 14.9. The number of hydrogen-bond donors (Lipinski definition) is 3. The van der Waals surface area contributed by atoms with Crippen LogP contribution in [0.3, 0.4) is 0 Å². The number of nitrogens with zero attached hydrogens (tertiary/aromatic N) is 1. The summed E-state index contributed by atoms with van der Waals surface area (Å²) in [5, 5.41) is 16.5. The van der Waals surface area contributed by atoms with Crippen molar-refractivity contribution in [1.29, 1.82) is 0 Å². The van der Waals surface area contributed by atoms with Gasteiger partial charge in [0.15, 0.2) is 6.10 Å². The second-order valence-corrected chi connectivity index (χ2v) is 7.43. The topological polar surface area (TPSA) is 81.7 Å². The van der Waals surface area contributed by atoms with E-state index in [0.29, 0.717) is 24.9 Å². The van der Waals surface area contributed by atoms with Crippen LogP contribution in [0.25, 0.3) is 0 Å². The van der Waals surface area contributed by atoms with Gasteiger partial charge >= 0.3 is 0 Å². The predicted octanol–water partition coefficient (Wildman–Crippen LogP) is 0.890. The Kier molecular flexibility index (Phi) is 7.99. The highest BCUT2D eigenvalue weighted by Gasteiger charge is 2.29. The standard InChI is InChI=1S/C18H33N3O3/c1-14(21(13-22)12-16-7-9-19-10-8-16)17(23)18(24)20-11-15-5-3-2-4-6-15/h13-17,19,23H,2-12H2,1H3,(H,20,24). The third kappa shape index (κ3) is 5.74. The number of carbonyl (C=O) groups excluding carboxylic acids is 2. The van der Waals surface area contributed by atoms with Crippen molar-refractivity contribution in [3.8, 4) is 0 Å². The molecule has 2 aliphatic rings. The Morgan fingerprint density at radius 1 is 1.21 bits per heavy atom. The lowest BCUT2D eigenvalue weighted by molar-refractivity contribution is -0.135. The molecule has 1 heterocycles. The molecule has 1 aliphatic carbocycles. The fraction of sp³-hybridized carbons (Fsp3) is 0.889. The van der Waals surface area contributed by atoms with Crippen molar-refractivity contribution in [1.82, 2.24) is 15.5 Å². The molecule has 0 aromatic carbocycles. The molecule has 0 aromatic heterocycles. The number of piperidine rings is 1. The summed E-state index contributed by atoms with van der Waals surface area (Å²) in [5.74, 6) is 0.615. The van der Waals surface area contributed by atoms with E-state index in [4.69, 9.17) is 0 Å². The van der Waals surface area contributed by atoms with Crippen molar-refractivity contribution >= 4 is 12.3 Å². The molecule has 1 aliphatic heterocycles. The van der Waals surface area contributed by atoms with E-state index in [1.165, 1.54) is 19.3 Å². The maximum atomic E-state index is 12.2. The van der Waals surface area contributed by atoms with Crippen molar-refractivity contribution in [2.45, 2.75) is 64.0 Å². The van der Waals surface area contributed by atoms with Gasteiger partial charge in [-0.05, 0) is 57.5 Å². The molecule has 24 heavy (non-hydrogen) atoms. The first-order valence-electron chi connectivity index (χ1n) is 9.49. The summed E-state index contributed by atoms with van der Waals surface area (Å²) in [6, 6.07) is -0.497. The van der Waals surface area contributed by atoms with Crippen LogP contribution < -0.4 is 10.6 Å². The van der Waals surface area contributed by atoms with Crippen LogP contribution in [0.1, 0.15) is 51.9 Å². The molecule has 3 N–H and O–H groups in total. The molecule has 0 aromatic rings. The van der Waals surface area contributed by atoms with Crippen LogP contribution in [-0.4, -0.2) is 60.6 Å². The summed E-state index contributed by atoms with van der Waals surface area (Å²) in [4.78, 5) is 25.2. The smallest absolute Gasteiger partial charge is 0.250 e. The number of hydrogen-bond acceptors (Lipinski definition) is 4. The Bertz CT molecular complexity index is 393. The van der Waals surface area contributed by atoms with Gasteiger partial charge in [0.2, 0.25) is 6.41 Å². The fourth-order valence-corrected chi connectivity index (χ4v) is 3.81. The van der Waals surface area contributed by atoms with E-state index >= 15 is 0 Å². The zero-order valence-electron chi connectivity index (χ0n) is 14.9. The van der Waals surface area contributed by atoms with Crippen molar-refractivity contribution in [2.75, 3.05) is 26.2 Å². The molecule has 138 valence electrons. The van der Waals surface area contributed by atoms with E-state index < -0.39 is 12.1 Å². The number of nitrogens with one attached hydrogen (secondary N) is 2. The molecule has 0 radical (unpaired) electrons. The van der Waals surface area contributed by atoms with Crippen molar-refractivity contribution in [3.63, 3.8) is 0 Å². The summed E-state index contributed by atoms with van der Waals surface area (Å²) in [6.45, 7) is 4.93. The summed E-state index contributed by atoms with van der Waals surface area (Å²) < 4.78 is 0. The second-order valence-electron chi connectivity index (χ2n) is 7.43. The Morgan fingerprint density at radius 3 is 2.50 bits per heavy atom. The average molecular weight is 339 g/mol. The monoisotopic (exact) mass is 339 g/mol. The normalized spacial score (nSPS) is 22.6. The molecule has 6 heteroatoms. The molecule has 2 rings (SSSR count). The Hall–Kier alpha value is -1.14. The van der Waals surface area contributed by atoms with Gasteiger partial charge in [0.1, 0.15) is 0 Å². The predicted molar refractivity (Wildman–Crippen MR) is 93.4 cm³/mol. The molecular formula is C18H33N3O3. The number of aliphatic hydroxyl groups is 1. The van der Waals surface area contributed by atoms with Gasteiger partial charge < -0.3 is 20.6 Å². The Balaban J connectivity index is 1.77. The van der Waals surface area contributed by atoms with E-state index in [9.17, 15) is 14.7 Å². The molecule has 1 saturated heterocycles. The molecule has 2 atom stereocenters. The van der Waals surface area contributed by atoms with E-state index in [0.717, 1.165) is 45.2 Å². The first kappa shape index (κ1) is 19.2. The lowest BCUT2D eigenvalue weighted by Crippen LogP contribution is -2.51. The maximum absolute atomic E-state index is 12.2. The highest BCUT2D eigenvalue weighted by Crippen LogP contribution is 2.22. The van der Waals surface area contributed by atoms with Crippen LogP contribution in [0.2, 0.25) is 0 Å². The highest BCUT2D eigenvalue weighted by molar-refractivity contribution is 5.81. The molecule has 2 fully saturated rings. The number of carbonyl (C=O) groups is 2. The second kappa shape index (κ2) is 9.99. The summed E-state index contributed by atoms with van der Waals surface area (Å²) in [6.07, 6.45) is 7.72. The van der Waals surface area contributed by atoms with E-state index in [1.54, 1.807) is 11.8 Å². The lowest BCUT2D eigenvalue weighted by atomic mass is 9.89. The van der Waals surface area contributed by atoms with E-state index in [1.807, 2.05) is 0 Å². The largest absolute Gasteiger partial charge is 0.381 e. The quantitative estimate of drug-likeness (QED) is 0.574. The lowest BCUT2D eigenvalue weighted by Gasteiger charge is -2.33. The molecule has 0 bridgehead atoms. The SMILES string of the molecule is CC(C(O)C(=O)NCC1CCCCC1)N(C=O)CC1CCNCC1. The number of aliphatic hydroxyl groups excluding tert-OH is 1. The van der Waals surface area contributed by atoms with Crippen LogP contribution in [0.4, 0.5) is 0 Å². The van der Waals surface area contributed by atoms with Gasteiger partial charge in [-0.1, -0.05) is 19.3 Å². The third-order valence-electron chi connectivity index (χ3n) is 5.60. The van der Waals surface area contributed by atoms with Crippen LogP contribution in [-0.2, 0) is 9.59 Å². The van der Waals surface area contributed by atoms with Gasteiger partial charge in [-0.15, -0.1) is 0 Å². The Labute approximate surface area is 145 Å². The van der Waals surface area contributed by atoms with Crippen LogP contribution in [0.15, 0.2) is 0 Å². The van der Waals surface area contributed by atoms with Crippen molar-refractivity contribution in [2.24, 2.45) is 11.8 Å². The average Bonchev–Trinajstić information content (AvgIpc) is 2.64. The van der Waals surface area contributed by atoms with Crippen LogP contribution in [0, 0.1) is 11.8 Å². The van der Waals surface area contributed by atoms with Crippen LogP contribution in [0.5, 0.6) is 0 Å². The van der Waals surface area contributed by atoms with Crippen molar-refractivity contribution in [3.05, 3.63) is 0 Å². The fourth-order valence-electron chi connectivity index (χ4n) is 3.81. The van der Waals surface area contributed by atoms with Gasteiger partial charge in [-0.3, -0.25) is 9.59 Å². The zero-order chi connectivity index (χ0) is 17.4. The minimum Gasteiger partial charge on any atom is -0.381 e. The van der Waals surface area contributed by atoms with Gasteiger partial charge in [0, 0.05) is 13.1 Å². The van der Waals surface area contributed by atoms with E-state index in [-0.39, 0.29) is 5.91 Å². The maximum Gasteiger partial charge on any atom is 0.250 e. The third-order valence-corrected chi connectivity index (χ3v) is 5.60. The molecule has 0 spiro atoms. The minimum atomic E-state index is -1.17. The summed E-state index contributed by atoms with van der Waals surface area (Å²) in [5.41, 5.74) is 0. The number of amides is 2. The Morgan fingerprint density at radius 2 is 1.88 bits per heavy atom. The van der Waals surface area contributed by atoms with Gasteiger partial charge in [0.25, 0.3) is 5.91 Å². The van der Waals surface area contributed by atoms with Gasteiger partial charge in [-0.25, -0.2) is 0 Å². The number of rotatable bonds is 8. The molecular weight excluding hydrogens is 306 g/mol. The molecule has 2 amide bonds. The van der Waals surface area contributed by atoms with Crippen molar-refractivity contribution < 1.29 is 14.7 Å². The summed E-state index contributed by atoms with van der Waals surface area (Å²) in [7, 11) is 0. The van der Waals surface area contributed by atoms with E-state index in [2.05, 4.69) is 10.6 Å².